The third-order valence-electron chi connectivity index (χ3n) is 6.04. The lowest BCUT2D eigenvalue weighted by molar-refractivity contribution is -0.116. The van der Waals surface area contributed by atoms with Gasteiger partial charge in [-0.1, -0.05) is 0 Å². The molecule has 3 aromatic rings. The zero-order chi connectivity index (χ0) is 24.3. The second-order valence-electron chi connectivity index (χ2n) is 7.99. The van der Waals surface area contributed by atoms with Crippen LogP contribution in [0, 0.1) is 23.3 Å². The Morgan fingerprint density at radius 1 is 1.00 bits per heavy atom. The minimum Gasteiger partial charge on any atom is -0.355 e. The Balaban J connectivity index is 1.43. The lowest BCUT2D eigenvalue weighted by Gasteiger charge is -2.45. The highest BCUT2D eigenvalue weighted by Gasteiger charge is 2.57. The van der Waals surface area contributed by atoms with Crippen molar-refractivity contribution in [3.63, 3.8) is 0 Å². The lowest BCUT2D eigenvalue weighted by Crippen LogP contribution is -2.62. The Morgan fingerprint density at radius 3 is 2.44 bits per heavy atom. The minimum atomic E-state index is -4.54. The zero-order valence-electron chi connectivity index (χ0n) is 17.4. The smallest absolute Gasteiger partial charge is 0.248 e. The normalized spacial score (nSPS) is 23.8. The van der Waals surface area contributed by atoms with Gasteiger partial charge in [0, 0.05) is 37.7 Å². The number of benzene rings is 2. The number of alkyl halides is 1. The summed E-state index contributed by atoms with van der Waals surface area (Å²) < 4.78 is 103. The van der Waals surface area contributed by atoms with E-state index in [2.05, 4.69) is 9.97 Å². The van der Waals surface area contributed by atoms with Crippen LogP contribution in [0.25, 0.3) is 11.0 Å². The monoisotopic (exact) mass is 500 g/mol. The zero-order valence-corrected chi connectivity index (χ0v) is 18.2. The average Bonchev–Trinajstić information content (AvgIpc) is 3.22. The van der Waals surface area contributed by atoms with Crippen molar-refractivity contribution in [3.05, 3.63) is 59.8 Å². The van der Waals surface area contributed by atoms with E-state index in [1.165, 1.54) is 11.1 Å². The largest absolute Gasteiger partial charge is 0.355 e. The highest BCUT2D eigenvalue weighted by molar-refractivity contribution is 7.89. The molecule has 0 N–H and O–H groups in total. The summed E-state index contributed by atoms with van der Waals surface area (Å²) in [4.78, 5) is 8.96. The van der Waals surface area contributed by atoms with Crippen LogP contribution in [0.4, 0.5) is 27.8 Å². The SMILES string of the molecule is O=S(=O)(c1ccc(F)cc1F)N1CCO[C@]12CCN(c1cnc3cc(F)c(F)cc3n1)C[C@@H]2F. The van der Waals surface area contributed by atoms with Gasteiger partial charge in [0.25, 0.3) is 0 Å². The van der Waals surface area contributed by atoms with Gasteiger partial charge in [-0.25, -0.2) is 35.4 Å². The Morgan fingerprint density at radius 2 is 1.74 bits per heavy atom. The topological polar surface area (TPSA) is 75.6 Å². The molecule has 3 heterocycles. The molecule has 13 heteroatoms. The van der Waals surface area contributed by atoms with Crippen LogP contribution in [0.5, 0.6) is 0 Å². The summed E-state index contributed by atoms with van der Waals surface area (Å²) in [6.07, 6.45) is -0.722. The van der Waals surface area contributed by atoms with E-state index >= 15 is 4.39 Å². The van der Waals surface area contributed by atoms with Crippen LogP contribution in [0.15, 0.2) is 41.4 Å². The quantitative estimate of drug-likeness (QED) is 0.515. The maximum atomic E-state index is 15.6. The molecule has 2 aliphatic heterocycles. The number of rotatable bonds is 3. The van der Waals surface area contributed by atoms with Crippen LogP contribution in [0.2, 0.25) is 0 Å². The molecule has 0 radical (unpaired) electrons. The minimum absolute atomic E-state index is 0.0696. The van der Waals surface area contributed by atoms with Crippen molar-refractivity contribution < 1.29 is 35.1 Å². The van der Waals surface area contributed by atoms with Crippen molar-refractivity contribution in [2.75, 3.05) is 31.1 Å². The van der Waals surface area contributed by atoms with Crippen molar-refractivity contribution in [2.24, 2.45) is 0 Å². The first-order chi connectivity index (χ1) is 16.1. The first kappa shape index (κ1) is 22.9. The van der Waals surface area contributed by atoms with E-state index in [9.17, 15) is 26.0 Å². The average molecular weight is 500 g/mol. The van der Waals surface area contributed by atoms with Gasteiger partial charge in [-0.15, -0.1) is 0 Å². The maximum absolute atomic E-state index is 15.6. The molecule has 1 spiro atoms. The molecule has 2 aliphatic rings. The van der Waals surface area contributed by atoms with E-state index in [-0.39, 0.29) is 49.5 Å². The summed E-state index contributed by atoms with van der Waals surface area (Å²) in [6, 6.07) is 3.82. The van der Waals surface area contributed by atoms with Gasteiger partial charge in [0.15, 0.2) is 23.5 Å². The van der Waals surface area contributed by atoms with Gasteiger partial charge in [0.2, 0.25) is 10.0 Å². The molecule has 180 valence electrons. The summed E-state index contributed by atoms with van der Waals surface area (Å²) >= 11 is 0. The van der Waals surface area contributed by atoms with Crippen molar-refractivity contribution in [3.8, 4) is 0 Å². The number of nitrogens with zero attached hydrogens (tertiary/aromatic N) is 4. The Bertz CT molecular complexity index is 1390. The lowest BCUT2D eigenvalue weighted by atomic mass is 9.98. The van der Waals surface area contributed by atoms with Crippen molar-refractivity contribution in [1.82, 2.24) is 14.3 Å². The molecule has 7 nitrogen and oxygen atoms in total. The van der Waals surface area contributed by atoms with Gasteiger partial charge in [-0.3, -0.25) is 4.98 Å². The third kappa shape index (κ3) is 3.58. The molecule has 0 unspecified atom stereocenters. The molecule has 0 bridgehead atoms. The first-order valence-corrected chi connectivity index (χ1v) is 11.7. The van der Waals surface area contributed by atoms with E-state index < -0.39 is 50.1 Å². The second-order valence-corrected chi connectivity index (χ2v) is 9.82. The van der Waals surface area contributed by atoms with Crippen LogP contribution in [0.3, 0.4) is 0 Å². The van der Waals surface area contributed by atoms with Gasteiger partial charge in [0.1, 0.15) is 22.3 Å². The molecule has 2 aromatic carbocycles. The molecule has 1 aromatic heterocycles. The van der Waals surface area contributed by atoms with E-state index in [0.717, 1.165) is 28.6 Å². The standard InChI is InChI=1S/C21H17F5N4O3S/c22-12-1-2-18(15(25)7-12)34(31,32)30-5-6-33-21(30)3-4-29(11-19(21)26)20-10-27-16-8-13(23)14(24)9-17(16)28-20/h1-2,7-10,19H,3-6,11H2/t19-,21-/m0/s1. The molecule has 34 heavy (non-hydrogen) atoms. The molecule has 0 amide bonds. The summed E-state index contributed by atoms with van der Waals surface area (Å²) in [7, 11) is -4.54. The summed E-state index contributed by atoms with van der Waals surface area (Å²) in [5.41, 5.74) is -1.69. The molecule has 0 saturated carbocycles. The van der Waals surface area contributed by atoms with E-state index in [1.807, 2.05) is 0 Å². The molecule has 5 rings (SSSR count). The number of anilines is 1. The molecule has 2 fully saturated rings. The van der Waals surface area contributed by atoms with Crippen LogP contribution >= 0.6 is 0 Å². The fourth-order valence-corrected chi connectivity index (χ4v) is 6.14. The van der Waals surface area contributed by atoms with Crippen molar-refractivity contribution in [2.45, 2.75) is 23.2 Å². The molecule has 0 aliphatic carbocycles. The van der Waals surface area contributed by atoms with Crippen LogP contribution in [-0.4, -0.2) is 60.8 Å². The number of fused-ring (bicyclic) bond motifs is 1. The summed E-state index contributed by atoms with van der Waals surface area (Å²) in [5, 5.41) is 0. The predicted octanol–water partition coefficient (Wildman–Crippen LogP) is 3.15. The number of aromatic nitrogens is 2. The van der Waals surface area contributed by atoms with Gasteiger partial charge < -0.3 is 9.64 Å². The van der Waals surface area contributed by atoms with Crippen molar-refractivity contribution >= 4 is 26.9 Å². The second kappa shape index (κ2) is 8.10. The summed E-state index contributed by atoms with van der Waals surface area (Å²) in [6.45, 7) is -0.576. The van der Waals surface area contributed by atoms with Crippen molar-refractivity contribution in [1.29, 1.82) is 0 Å². The number of ether oxygens (including phenoxy) is 1. The molecular weight excluding hydrogens is 483 g/mol. The Labute approximate surface area is 190 Å². The van der Waals surface area contributed by atoms with Gasteiger partial charge in [-0.2, -0.15) is 4.31 Å². The van der Waals surface area contributed by atoms with E-state index in [1.54, 1.807) is 0 Å². The fourth-order valence-electron chi connectivity index (χ4n) is 4.37. The van der Waals surface area contributed by atoms with Gasteiger partial charge >= 0.3 is 0 Å². The van der Waals surface area contributed by atoms with E-state index in [4.69, 9.17) is 4.74 Å². The van der Waals surface area contributed by atoms with Crippen LogP contribution in [-0.2, 0) is 14.8 Å². The predicted molar refractivity (Wildman–Crippen MR) is 110 cm³/mol. The van der Waals surface area contributed by atoms with Gasteiger partial charge in [-0.05, 0) is 12.1 Å². The Kier molecular flexibility index (Phi) is 5.45. The molecule has 2 atom stereocenters. The number of halogens is 5. The third-order valence-corrected chi connectivity index (χ3v) is 7.99. The number of hydrogen-bond donors (Lipinski definition) is 0. The van der Waals surface area contributed by atoms with Gasteiger partial charge in [0.05, 0.1) is 30.4 Å². The van der Waals surface area contributed by atoms with Crippen LogP contribution < -0.4 is 4.90 Å². The summed E-state index contributed by atoms with van der Waals surface area (Å²) in [5.74, 6) is -4.22. The number of piperidine rings is 1. The first-order valence-electron chi connectivity index (χ1n) is 10.2. The number of hydrogen-bond acceptors (Lipinski definition) is 6. The maximum Gasteiger partial charge on any atom is 0.248 e. The molecule has 2 saturated heterocycles. The number of sulfonamides is 1. The van der Waals surface area contributed by atoms with E-state index in [0.29, 0.717) is 6.07 Å². The highest BCUT2D eigenvalue weighted by Crippen LogP contribution is 2.41. The highest BCUT2D eigenvalue weighted by atomic mass is 32.2. The molecular formula is C21H17F5N4O3S. The fraction of sp³-hybridized carbons (Fsp3) is 0.333. The van der Waals surface area contributed by atoms with Crippen LogP contribution in [0.1, 0.15) is 6.42 Å². The Hall–Kier alpha value is -2.90.